The second-order valence-electron chi connectivity index (χ2n) is 4.32. The fraction of sp³-hybridized carbons (Fsp3) is 0.429. The zero-order chi connectivity index (χ0) is 11.2. The van der Waals surface area contributed by atoms with Crippen LogP contribution in [0.5, 0.6) is 5.75 Å². The van der Waals surface area contributed by atoms with Crippen LogP contribution in [-0.4, -0.2) is 29.6 Å². The molecule has 86 valence electrons. The van der Waals surface area contributed by atoms with E-state index in [2.05, 4.69) is 11.0 Å². The second-order valence-corrected chi connectivity index (χ2v) is 4.32. The highest BCUT2D eigenvalue weighted by molar-refractivity contribution is 5.56. The van der Waals surface area contributed by atoms with Crippen molar-refractivity contribution in [3.63, 3.8) is 0 Å². The maximum atomic E-state index is 9.58. The topological polar surface area (TPSA) is 23.5 Å². The third kappa shape index (κ3) is 3.11. The molecule has 2 heteroatoms. The maximum absolute atomic E-state index is 9.58. The quantitative estimate of drug-likeness (QED) is 0.841. The molecule has 0 saturated carbocycles. The van der Waals surface area contributed by atoms with E-state index in [4.69, 9.17) is 0 Å². The van der Waals surface area contributed by atoms with E-state index >= 15 is 0 Å². The molecular weight excluding hydrogens is 198 g/mol. The third-order valence-electron chi connectivity index (χ3n) is 3.05. The van der Waals surface area contributed by atoms with Crippen molar-refractivity contribution >= 4 is 6.08 Å². The molecule has 0 atom stereocenters. The minimum atomic E-state index is 0.359. The van der Waals surface area contributed by atoms with Gasteiger partial charge in [-0.2, -0.15) is 0 Å². The van der Waals surface area contributed by atoms with E-state index in [0.29, 0.717) is 5.75 Å². The maximum Gasteiger partial charge on any atom is 0.122 e. The standard InChI is InChI=1S/C14H19NO/c16-14-9-3-2-7-13(14)8-6-12-15-10-4-1-5-11-15/h2-3,6-9,16H,1,4-5,10-12H2. The van der Waals surface area contributed by atoms with Crippen LogP contribution in [0.1, 0.15) is 24.8 Å². The molecule has 0 spiro atoms. The van der Waals surface area contributed by atoms with Crippen LogP contribution in [-0.2, 0) is 0 Å². The lowest BCUT2D eigenvalue weighted by Gasteiger charge is -2.24. The lowest BCUT2D eigenvalue weighted by molar-refractivity contribution is 0.252. The number of nitrogens with zero attached hydrogens (tertiary/aromatic N) is 1. The van der Waals surface area contributed by atoms with Crippen molar-refractivity contribution in [1.82, 2.24) is 4.90 Å². The SMILES string of the molecule is Oc1ccccc1C=CCN1CCCCC1. The van der Waals surface area contributed by atoms with E-state index in [1.54, 1.807) is 6.07 Å². The van der Waals surface area contributed by atoms with Crippen LogP contribution in [0, 0.1) is 0 Å². The van der Waals surface area contributed by atoms with E-state index < -0.39 is 0 Å². The molecule has 1 fully saturated rings. The van der Waals surface area contributed by atoms with Crippen molar-refractivity contribution < 1.29 is 5.11 Å². The molecule has 0 aromatic heterocycles. The molecule has 2 nitrogen and oxygen atoms in total. The Kier molecular flexibility index (Phi) is 4.00. The number of hydrogen-bond acceptors (Lipinski definition) is 2. The molecule has 1 heterocycles. The van der Waals surface area contributed by atoms with Gasteiger partial charge in [-0.25, -0.2) is 0 Å². The molecule has 1 N–H and O–H groups in total. The predicted octanol–water partition coefficient (Wildman–Crippen LogP) is 2.89. The lowest BCUT2D eigenvalue weighted by atomic mass is 10.1. The van der Waals surface area contributed by atoms with Crippen LogP contribution in [0.4, 0.5) is 0 Å². The summed E-state index contributed by atoms with van der Waals surface area (Å²) >= 11 is 0. The number of hydrogen-bond donors (Lipinski definition) is 1. The molecule has 0 radical (unpaired) electrons. The number of benzene rings is 1. The molecule has 1 aliphatic heterocycles. The Morgan fingerprint density at radius 1 is 1.12 bits per heavy atom. The van der Waals surface area contributed by atoms with E-state index in [-0.39, 0.29) is 0 Å². The molecule has 1 aromatic rings. The van der Waals surface area contributed by atoms with Crippen LogP contribution >= 0.6 is 0 Å². The Bertz CT molecular complexity index is 354. The summed E-state index contributed by atoms with van der Waals surface area (Å²) in [5, 5.41) is 9.58. The molecule has 0 aliphatic carbocycles. The number of likely N-dealkylation sites (tertiary alicyclic amines) is 1. The summed E-state index contributed by atoms with van der Waals surface area (Å²) < 4.78 is 0. The first-order valence-corrected chi connectivity index (χ1v) is 6.03. The third-order valence-corrected chi connectivity index (χ3v) is 3.05. The van der Waals surface area contributed by atoms with Crippen LogP contribution < -0.4 is 0 Å². The Hall–Kier alpha value is -1.28. The number of piperidine rings is 1. The molecule has 1 aromatic carbocycles. The Morgan fingerprint density at radius 2 is 1.88 bits per heavy atom. The fourth-order valence-electron chi connectivity index (χ4n) is 2.10. The smallest absolute Gasteiger partial charge is 0.122 e. The van der Waals surface area contributed by atoms with E-state index in [1.165, 1.54) is 32.4 Å². The number of rotatable bonds is 3. The molecule has 0 bridgehead atoms. The monoisotopic (exact) mass is 217 g/mol. The van der Waals surface area contributed by atoms with Gasteiger partial charge in [0.15, 0.2) is 0 Å². The average molecular weight is 217 g/mol. The van der Waals surface area contributed by atoms with E-state index in [9.17, 15) is 5.11 Å². The van der Waals surface area contributed by atoms with Gasteiger partial charge in [-0.15, -0.1) is 0 Å². The van der Waals surface area contributed by atoms with Gasteiger partial charge in [0.25, 0.3) is 0 Å². The van der Waals surface area contributed by atoms with E-state index in [0.717, 1.165) is 12.1 Å². The van der Waals surface area contributed by atoms with Gasteiger partial charge in [0, 0.05) is 12.1 Å². The first-order valence-electron chi connectivity index (χ1n) is 6.03. The highest BCUT2D eigenvalue weighted by Gasteiger charge is 2.07. The first-order chi connectivity index (χ1) is 7.86. The largest absolute Gasteiger partial charge is 0.507 e. The minimum Gasteiger partial charge on any atom is -0.507 e. The molecule has 1 aliphatic rings. The Labute approximate surface area is 97.2 Å². The van der Waals surface area contributed by atoms with Gasteiger partial charge in [0.1, 0.15) is 5.75 Å². The van der Waals surface area contributed by atoms with Gasteiger partial charge in [0.05, 0.1) is 0 Å². The molecule has 0 unspecified atom stereocenters. The van der Waals surface area contributed by atoms with Crippen molar-refractivity contribution in [1.29, 1.82) is 0 Å². The van der Waals surface area contributed by atoms with Gasteiger partial charge < -0.3 is 5.11 Å². The molecular formula is C14H19NO. The number of phenols is 1. The fourth-order valence-corrected chi connectivity index (χ4v) is 2.10. The van der Waals surface area contributed by atoms with Crippen molar-refractivity contribution in [3.05, 3.63) is 35.9 Å². The van der Waals surface area contributed by atoms with Gasteiger partial charge in [-0.05, 0) is 32.0 Å². The number of para-hydroxylation sites is 1. The molecule has 0 amide bonds. The average Bonchev–Trinajstić information content (AvgIpc) is 2.33. The van der Waals surface area contributed by atoms with Gasteiger partial charge in [-0.1, -0.05) is 36.8 Å². The summed E-state index contributed by atoms with van der Waals surface area (Å²) in [5.41, 5.74) is 0.902. The van der Waals surface area contributed by atoms with Crippen LogP contribution in [0.15, 0.2) is 30.3 Å². The zero-order valence-corrected chi connectivity index (χ0v) is 9.60. The summed E-state index contributed by atoms with van der Waals surface area (Å²) in [6.07, 6.45) is 8.17. The highest BCUT2D eigenvalue weighted by atomic mass is 16.3. The normalized spacial score (nSPS) is 18.0. The summed E-state index contributed by atoms with van der Waals surface area (Å²) in [7, 11) is 0. The summed E-state index contributed by atoms with van der Waals surface area (Å²) in [4.78, 5) is 2.46. The van der Waals surface area contributed by atoms with Crippen molar-refractivity contribution in [2.45, 2.75) is 19.3 Å². The highest BCUT2D eigenvalue weighted by Crippen LogP contribution is 2.17. The minimum absolute atomic E-state index is 0.359. The second kappa shape index (κ2) is 5.71. The first kappa shape index (κ1) is 11.2. The number of aromatic hydroxyl groups is 1. The summed E-state index contributed by atoms with van der Waals surface area (Å²) in [6.45, 7) is 3.42. The molecule has 16 heavy (non-hydrogen) atoms. The van der Waals surface area contributed by atoms with Crippen LogP contribution in [0.3, 0.4) is 0 Å². The van der Waals surface area contributed by atoms with Gasteiger partial charge in [-0.3, -0.25) is 4.90 Å². The summed E-state index contributed by atoms with van der Waals surface area (Å²) in [5.74, 6) is 0.359. The molecule has 1 saturated heterocycles. The van der Waals surface area contributed by atoms with Crippen LogP contribution in [0.25, 0.3) is 6.08 Å². The van der Waals surface area contributed by atoms with Gasteiger partial charge >= 0.3 is 0 Å². The van der Waals surface area contributed by atoms with Gasteiger partial charge in [0.2, 0.25) is 0 Å². The van der Waals surface area contributed by atoms with Crippen molar-refractivity contribution in [3.8, 4) is 5.75 Å². The van der Waals surface area contributed by atoms with Crippen LogP contribution in [0.2, 0.25) is 0 Å². The summed E-state index contributed by atoms with van der Waals surface area (Å²) in [6, 6.07) is 7.44. The Morgan fingerprint density at radius 3 is 2.62 bits per heavy atom. The van der Waals surface area contributed by atoms with Crippen molar-refractivity contribution in [2.24, 2.45) is 0 Å². The van der Waals surface area contributed by atoms with E-state index in [1.807, 2.05) is 24.3 Å². The molecule has 2 rings (SSSR count). The zero-order valence-electron chi connectivity index (χ0n) is 9.60. The Balaban J connectivity index is 1.87. The van der Waals surface area contributed by atoms with Crippen molar-refractivity contribution in [2.75, 3.05) is 19.6 Å². The lowest BCUT2D eigenvalue weighted by Crippen LogP contribution is -2.29. The predicted molar refractivity (Wildman–Crippen MR) is 67.4 cm³/mol. The number of phenolic OH excluding ortho intramolecular Hbond substituents is 1.